The molecule has 2 aromatic heterocycles. The summed E-state index contributed by atoms with van der Waals surface area (Å²) in [6.07, 6.45) is 4.87. The standard InChI is InChI=1S/C12H16ClN3S/c1-2-16-8-7-15-12(16)9-14-6-5-10-3-4-11(13)17-10/h3-4,7-8,14H,2,5-6,9H2,1H3. The molecule has 0 radical (unpaired) electrons. The number of aryl methyl sites for hydroxylation is 1. The van der Waals surface area contributed by atoms with Crippen molar-refractivity contribution in [1.82, 2.24) is 14.9 Å². The van der Waals surface area contributed by atoms with Gasteiger partial charge < -0.3 is 9.88 Å². The third-order valence-electron chi connectivity index (χ3n) is 2.60. The molecule has 0 aromatic carbocycles. The number of thiophene rings is 1. The van der Waals surface area contributed by atoms with E-state index in [2.05, 4.69) is 27.9 Å². The van der Waals surface area contributed by atoms with Crippen molar-refractivity contribution in [2.45, 2.75) is 26.4 Å². The molecule has 0 aliphatic carbocycles. The lowest BCUT2D eigenvalue weighted by Crippen LogP contribution is -2.19. The van der Waals surface area contributed by atoms with Gasteiger partial charge in [0.25, 0.3) is 0 Å². The molecule has 2 heterocycles. The van der Waals surface area contributed by atoms with Crippen LogP contribution in [0.2, 0.25) is 4.34 Å². The Morgan fingerprint density at radius 2 is 2.35 bits per heavy atom. The van der Waals surface area contributed by atoms with Gasteiger partial charge in [0, 0.05) is 30.4 Å². The topological polar surface area (TPSA) is 29.9 Å². The van der Waals surface area contributed by atoms with E-state index < -0.39 is 0 Å². The third-order valence-corrected chi connectivity index (χ3v) is 3.89. The van der Waals surface area contributed by atoms with Crippen molar-refractivity contribution in [2.24, 2.45) is 0 Å². The Bertz CT molecular complexity index is 464. The fraction of sp³-hybridized carbons (Fsp3) is 0.417. The lowest BCUT2D eigenvalue weighted by molar-refractivity contribution is 0.614. The second kappa shape index (κ2) is 6.19. The summed E-state index contributed by atoms with van der Waals surface area (Å²) in [5.74, 6) is 1.09. The average Bonchev–Trinajstić information content (AvgIpc) is 2.93. The number of rotatable bonds is 6. The molecule has 2 rings (SSSR count). The highest BCUT2D eigenvalue weighted by Crippen LogP contribution is 2.21. The highest BCUT2D eigenvalue weighted by atomic mass is 35.5. The summed E-state index contributed by atoms with van der Waals surface area (Å²) in [6.45, 7) is 4.86. The molecule has 0 saturated carbocycles. The summed E-state index contributed by atoms with van der Waals surface area (Å²) < 4.78 is 3.01. The van der Waals surface area contributed by atoms with Gasteiger partial charge in [-0.1, -0.05) is 11.6 Å². The first-order chi connectivity index (χ1) is 8.29. The lowest BCUT2D eigenvalue weighted by Gasteiger charge is -2.05. The van der Waals surface area contributed by atoms with Crippen LogP contribution in [0.3, 0.4) is 0 Å². The van der Waals surface area contributed by atoms with Gasteiger partial charge in [0.2, 0.25) is 0 Å². The van der Waals surface area contributed by atoms with E-state index >= 15 is 0 Å². The fourth-order valence-electron chi connectivity index (χ4n) is 1.69. The Balaban J connectivity index is 1.73. The number of aromatic nitrogens is 2. The minimum Gasteiger partial charge on any atom is -0.334 e. The second-order valence-electron chi connectivity index (χ2n) is 3.76. The zero-order valence-corrected chi connectivity index (χ0v) is 11.4. The highest BCUT2D eigenvalue weighted by Gasteiger charge is 2.01. The molecule has 3 nitrogen and oxygen atoms in total. The number of nitrogens with one attached hydrogen (secondary N) is 1. The van der Waals surface area contributed by atoms with Crippen molar-refractivity contribution in [3.8, 4) is 0 Å². The number of halogens is 1. The average molecular weight is 270 g/mol. The Kier molecular flexibility index (Phi) is 4.59. The van der Waals surface area contributed by atoms with Gasteiger partial charge >= 0.3 is 0 Å². The Labute approximate surface area is 110 Å². The van der Waals surface area contributed by atoms with Crippen molar-refractivity contribution < 1.29 is 0 Å². The van der Waals surface area contributed by atoms with Crippen molar-refractivity contribution in [1.29, 1.82) is 0 Å². The van der Waals surface area contributed by atoms with Gasteiger partial charge in [-0.05, 0) is 25.5 Å². The molecule has 0 aliphatic heterocycles. The molecule has 92 valence electrons. The largest absolute Gasteiger partial charge is 0.334 e. The SMILES string of the molecule is CCn1ccnc1CNCCc1ccc(Cl)s1. The molecule has 0 atom stereocenters. The summed E-state index contributed by atoms with van der Waals surface area (Å²) in [7, 11) is 0. The van der Waals surface area contributed by atoms with Crippen LogP contribution in [0.25, 0.3) is 0 Å². The van der Waals surface area contributed by atoms with Gasteiger partial charge in [-0.2, -0.15) is 0 Å². The van der Waals surface area contributed by atoms with Gasteiger partial charge in [-0.15, -0.1) is 11.3 Å². The van der Waals surface area contributed by atoms with Gasteiger partial charge in [0.1, 0.15) is 5.82 Å². The fourth-order valence-corrected chi connectivity index (χ4v) is 2.78. The van der Waals surface area contributed by atoms with Gasteiger partial charge in [0.05, 0.1) is 10.9 Å². The minimum absolute atomic E-state index is 0.819. The van der Waals surface area contributed by atoms with Crippen LogP contribution >= 0.6 is 22.9 Å². The van der Waals surface area contributed by atoms with Crippen LogP contribution in [0.1, 0.15) is 17.6 Å². The second-order valence-corrected chi connectivity index (χ2v) is 5.56. The summed E-state index contributed by atoms with van der Waals surface area (Å²) in [5.41, 5.74) is 0. The van der Waals surface area contributed by atoms with E-state index in [9.17, 15) is 0 Å². The molecule has 0 amide bonds. The van der Waals surface area contributed by atoms with E-state index in [4.69, 9.17) is 11.6 Å². The molecule has 17 heavy (non-hydrogen) atoms. The minimum atomic E-state index is 0.819. The van der Waals surface area contributed by atoms with Crippen molar-refractivity contribution in [3.05, 3.63) is 39.6 Å². The number of hydrogen-bond acceptors (Lipinski definition) is 3. The zero-order valence-electron chi connectivity index (χ0n) is 9.82. The first-order valence-corrected chi connectivity index (χ1v) is 6.94. The summed E-state index contributed by atoms with van der Waals surface area (Å²) in [5, 5.41) is 3.40. The van der Waals surface area contributed by atoms with Crippen LogP contribution in [0, 0.1) is 0 Å². The van der Waals surface area contributed by atoms with Crippen molar-refractivity contribution in [3.63, 3.8) is 0 Å². The van der Waals surface area contributed by atoms with Crippen LogP contribution in [0.4, 0.5) is 0 Å². The molecule has 2 aromatic rings. The third kappa shape index (κ3) is 3.56. The predicted octanol–water partition coefficient (Wildman–Crippen LogP) is 2.95. The predicted molar refractivity (Wildman–Crippen MR) is 72.6 cm³/mol. The molecule has 0 bridgehead atoms. The zero-order chi connectivity index (χ0) is 12.1. The maximum absolute atomic E-state index is 5.88. The number of imidazole rings is 1. The molecular weight excluding hydrogens is 254 g/mol. The van der Waals surface area contributed by atoms with Crippen LogP contribution in [-0.4, -0.2) is 16.1 Å². The smallest absolute Gasteiger partial charge is 0.122 e. The molecule has 5 heteroatoms. The molecule has 0 aliphatic rings. The Morgan fingerprint density at radius 1 is 1.47 bits per heavy atom. The van der Waals surface area contributed by atoms with E-state index in [1.807, 2.05) is 18.5 Å². The summed E-state index contributed by atoms with van der Waals surface area (Å²) in [6, 6.07) is 4.03. The Hall–Kier alpha value is -0.840. The number of nitrogens with zero attached hydrogens (tertiary/aromatic N) is 2. The van der Waals surface area contributed by atoms with Gasteiger partial charge in [-0.25, -0.2) is 4.98 Å². The van der Waals surface area contributed by atoms with Crippen molar-refractivity contribution >= 4 is 22.9 Å². The molecule has 0 spiro atoms. The highest BCUT2D eigenvalue weighted by molar-refractivity contribution is 7.16. The van der Waals surface area contributed by atoms with Crippen LogP contribution in [0.15, 0.2) is 24.5 Å². The molecule has 0 fully saturated rings. The van der Waals surface area contributed by atoms with E-state index in [1.165, 1.54) is 4.88 Å². The molecule has 1 N–H and O–H groups in total. The Morgan fingerprint density at radius 3 is 3.06 bits per heavy atom. The lowest BCUT2D eigenvalue weighted by atomic mass is 10.3. The van der Waals surface area contributed by atoms with E-state index in [0.717, 1.165) is 36.2 Å². The van der Waals surface area contributed by atoms with Crippen LogP contribution in [0.5, 0.6) is 0 Å². The van der Waals surface area contributed by atoms with E-state index in [-0.39, 0.29) is 0 Å². The molecule has 0 unspecified atom stereocenters. The normalized spacial score (nSPS) is 10.9. The van der Waals surface area contributed by atoms with E-state index in [1.54, 1.807) is 11.3 Å². The van der Waals surface area contributed by atoms with Crippen molar-refractivity contribution in [2.75, 3.05) is 6.54 Å². The maximum Gasteiger partial charge on any atom is 0.122 e. The summed E-state index contributed by atoms with van der Waals surface area (Å²) in [4.78, 5) is 5.64. The number of hydrogen-bond donors (Lipinski definition) is 1. The van der Waals surface area contributed by atoms with E-state index in [0.29, 0.717) is 0 Å². The van der Waals surface area contributed by atoms with Crippen LogP contribution in [-0.2, 0) is 19.5 Å². The quantitative estimate of drug-likeness (QED) is 0.817. The summed E-state index contributed by atoms with van der Waals surface area (Å²) >= 11 is 7.53. The van der Waals surface area contributed by atoms with Gasteiger partial charge in [0.15, 0.2) is 0 Å². The molecular formula is C12H16ClN3S. The monoisotopic (exact) mass is 269 g/mol. The van der Waals surface area contributed by atoms with Crippen LogP contribution < -0.4 is 5.32 Å². The molecule has 0 saturated heterocycles. The first kappa shape index (κ1) is 12.6. The first-order valence-electron chi connectivity index (χ1n) is 5.74. The maximum atomic E-state index is 5.88. The van der Waals surface area contributed by atoms with Gasteiger partial charge in [-0.3, -0.25) is 0 Å².